The van der Waals surface area contributed by atoms with Crippen LogP contribution < -0.4 is 5.32 Å². The summed E-state index contributed by atoms with van der Waals surface area (Å²) in [4.78, 5) is 0. The van der Waals surface area contributed by atoms with Crippen molar-refractivity contribution < 1.29 is 4.74 Å². The molecule has 2 heteroatoms. The Morgan fingerprint density at radius 3 is 2.73 bits per heavy atom. The van der Waals surface area contributed by atoms with Gasteiger partial charge >= 0.3 is 0 Å². The first-order chi connectivity index (χ1) is 7.24. The van der Waals surface area contributed by atoms with Crippen LogP contribution in [0.25, 0.3) is 0 Å². The molecule has 0 aromatic rings. The van der Waals surface area contributed by atoms with Gasteiger partial charge in [0.2, 0.25) is 0 Å². The summed E-state index contributed by atoms with van der Waals surface area (Å²) < 4.78 is 5.41. The first-order valence-electron chi connectivity index (χ1n) is 6.55. The lowest BCUT2D eigenvalue weighted by molar-refractivity contribution is 0.182. The lowest BCUT2D eigenvalue weighted by Gasteiger charge is -2.23. The van der Waals surface area contributed by atoms with E-state index in [2.05, 4.69) is 26.1 Å². The Kier molecular flexibility index (Phi) is 6.26. The van der Waals surface area contributed by atoms with E-state index in [0.29, 0.717) is 6.04 Å². The predicted molar refractivity (Wildman–Crippen MR) is 65.1 cm³/mol. The van der Waals surface area contributed by atoms with E-state index in [1.165, 1.54) is 25.7 Å². The van der Waals surface area contributed by atoms with E-state index in [0.717, 1.165) is 31.6 Å². The Balaban J connectivity index is 2.17. The molecule has 2 nitrogen and oxygen atoms in total. The fourth-order valence-corrected chi connectivity index (χ4v) is 2.23. The monoisotopic (exact) mass is 213 g/mol. The van der Waals surface area contributed by atoms with Gasteiger partial charge in [-0.05, 0) is 44.1 Å². The van der Waals surface area contributed by atoms with Gasteiger partial charge in [-0.3, -0.25) is 0 Å². The molecule has 0 aromatic carbocycles. The molecule has 0 radical (unpaired) electrons. The summed E-state index contributed by atoms with van der Waals surface area (Å²) >= 11 is 0. The topological polar surface area (TPSA) is 21.3 Å². The number of nitrogens with one attached hydrogen (secondary N) is 1. The normalized spacial score (nSPS) is 23.6. The van der Waals surface area contributed by atoms with Crippen molar-refractivity contribution in [3.8, 4) is 0 Å². The van der Waals surface area contributed by atoms with Crippen LogP contribution in [-0.2, 0) is 4.74 Å². The zero-order valence-electron chi connectivity index (χ0n) is 10.6. The molecule has 0 saturated carbocycles. The molecule has 1 saturated heterocycles. The van der Waals surface area contributed by atoms with Gasteiger partial charge in [-0.2, -0.15) is 0 Å². The standard InChI is InChI=1S/C13H27NO/c1-4-8-14-13(11(2)3)6-5-12-7-9-15-10-12/h11-14H,4-10H2,1-3H3. The van der Waals surface area contributed by atoms with Gasteiger partial charge in [-0.1, -0.05) is 20.8 Å². The predicted octanol–water partition coefficient (Wildman–Crippen LogP) is 2.83. The molecule has 90 valence electrons. The van der Waals surface area contributed by atoms with E-state index in [1.54, 1.807) is 0 Å². The maximum atomic E-state index is 5.41. The molecule has 0 spiro atoms. The quantitative estimate of drug-likeness (QED) is 0.702. The maximum absolute atomic E-state index is 5.41. The zero-order valence-corrected chi connectivity index (χ0v) is 10.6. The van der Waals surface area contributed by atoms with Crippen LogP contribution in [0.4, 0.5) is 0 Å². The summed E-state index contributed by atoms with van der Waals surface area (Å²) in [5, 5.41) is 3.65. The molecular formula is C13H27NO. The second-order valence-corrected chi connectivity index (χ2v) is 5.11. The van der Waals surface area contributed by atoms with Crippen molar-refractivity contribution in [2.75, 3.05) is 19.8 Å². The van der Waals surface area contributed by atoms with Crippen molar-refractivity contribution >= 4 is 0 Å². The first-order valence-corrected chi connectivity index (χ1v) is 6.55. The first kappa shape index (κ1) is 13.0. The molecule has 0 aliphatic carbocycles. The van der Waals surface area contributed by atoms with E-state index in [1.807, 2.05) is 0 Å². The van der Waals surface area contributed by atoms with Crippen molar-refractivity contribution in [2.24, 2.45) is 11.8 Å². The van der Waals surface area contributed by atoms with Crippen LogP contribution in [0, 0.1) is 11.8 Å². The Bertz CT molecular complexity index is 153. The van der Waals surface area contributed by atoms with Crippen LogP contribution in [0.1, 0.15) is 46.5 Å². The van der Waals surface area contributed by atoms with Gasteiger partial charge in [-0.15, -0.1) is 0 Å². The number of rotatable bonds is 7. The molecule has 0 amide bonds. The van der Waals surface area contributed by atoms with E-state index < -0.39 is 0 Å². The zero-order chi connectivity index (χ0) is 11.1. The van der Waals surface area contributed by atoms with Crippen molar-refractivity contribution in [3.05, 3.63) is 0 Å². The molecule has 2 unspecified atom stereocenters. The average Bonchev–Trinajstić information content (AvgIpc) is 2.70. The maximum Gasteiger partial charge on any atom is 0.0495 e. The number of hydrogen-bond donors (Lipinski definition) is 1. The van der Waals surface area contributed by atoms with Crippen molar-refractivity contribution in [1.29, 1.82) is 0 Å². The summed E-state index contributed by atoms with van der Waals surface area (Å²) in [5.41, 5.74) is 0. The largest absolute Gasteiger partial charge is 0.381 e. The molecule has 0 aromatic heterocycles. The molecule has 1 N–H and O–H groups in total. The smallest absolute Gasteiger partial charge is 0.0495 e. The summed E-state index contributed by atoms with van der Waals surface area (Å²) in [6.45, 7) is 10.0. The minimum atomic E-state index is 0.700. The van der Waals surface area contributed by atoms with Gasteiger partial charge in [0, 0.05) is 19.3 Å². The SMILES string of the molecule is CCCNC(CCC1CCOC1)C(C)C. The van der Waals surface area contributed by atoms with Crippen LogP contribution in [0.5, 0.6) is 0 Å². The Hall–Kier alpha value is -0.0800. The highest BCUT2D eigenvalue weighted by Gasteiger charge is 2.19. The molecule has 0 bridgehead atoms. The molecule has 1 aliphatic heterocycles. The van der Waals surface area contributed by atoms with Crippen LogP contribution in [0.15, 0.2) is 0 Å². The lowest BCUT2D eigenvalue weighted by Crippen LogP contribution is -2.34. The molecule has 15 heavy (non-hydrogen) atoms. The highest BCUT2D eigenvalue weighted by Crippen LogP contribution is 2.20. The van der Waals surface area contributed by atoms with Crippen LogP contribution in [0.2, 0.25) is 0 Å². The van der Waals surface area contributed by atoms with Gasteiger partial charge in [-0.25, -0.2) is 0 Å². The van der Waals surface area contributed by atoms with Gasteiger partial charge in [0.25, 0.3) is 0 Å². The minimum absolute atomic E-state index is 0.700. The number of ether oxygens (including phenoxy) is 1. The summed E-state index contributed by atoms with van der Waals surface area (Å²) in [6.07, 6.45) is 5.15. The Morgan fingerprint density at radius 2 is 2.20 bits per heavy atom. The Labute approximate surface area is 94.8 Å². The van der Waals surface area contributed by atoms with Crippen molar-refractivity contribution in [2.45, 2.75) is 52.5 Å². The van der Waals surface area contributed by atoms with Gasteiger partial charge < -0.3 is 10.1 Å². The average molecular weight is 213 g/mol. The van der Waals surface area contributed by atoms with Crippen LogP contribution in [0.3, 0.4) is 0 Å². The number of hydrogen-bond acceptors (Lipinski definition) is 2. The second kappa shape index (κ2) is 7.24. The summed E-state index contributed by atoms with van der Waals surface area (Å²) in [7, 11) is 0. The second-order valence-electron chi connectivity index (χ2n) is 5.11. The molecule has 1 rings (SSSR count). The van der Waals surface area contributed by atoms with Gasteiger partial charge in [0.1, 0.15) is 0 Å². The fraction of sp³-hybridized carbons (Fsp3) is 1.00. The van der Waals surface area contributed by atoms with Gasteiger partial charge in [0.15, 0.2) is 0 Å². The highest BCUT2D eigenvalue weighted by atomic mass is 16.5. The van der Waals surface area contributed by atoms with Crippen LogP contribution in [-0.4, -0.2) is 25.8 Å². The highest BCUT2D eigenvalue weighted by molar-refractivity contribution is 4.73. The van der Waals surface area contributed by atoms with Gasteiger partial charge in [0.05, 0.1) is 0 Å². The van der Waals surface area contributed by atoms with Crippen molar-refractivity contribution in [1.82, 2.24) is 5.32 Å². The lowest BCUT2D eigenvalue weighted by atomic mass is 9.93. The van der Waals surface area contributed by atoms with E-state index in [-0.39, 0.29) is 0 Å². The van der Waals surface area contributed by atoms with E-state index in [4.69, 9.17) is 4.74 Å². The molecule has 1 fully saturated rings. The Morgan fingerprint density at radius 1 is 1.40 bits per heavy atom. The molecule has 2 atom stereocenters. The molecule has 1 heterocycles. The summed E-state index contributed by atoms with van der Waals surface area (Å²) in [6, 6.07) is 0.700. The fourth-order valence-electron chi connectivity index (χ4n) is 2.23. The third-order valence-electron chi connectivity index (χ3n) is 3.37. The van der Waals surface area contributed by atoms with E-state index in [9.17, 15) is 0 Å². The summed E-state index contributed by atoms with van der Waals surface area (Å²) in [5.74, 6) is 1.58. The third kappa shape index (κ3) is 4.98. The van der Waals surface area contributed by atoms with E-state index >= 15 is 0 Å². The third-order valence-corrected chi connectivity index (χ3v) is 3.37. The van der Waals surface area contributed by atoms with Crippen molar-refractivity contribution in [3.63, 3.8) is 0 Å². The minimum Gasteiger partial charge on any atom is -0.381 e. The molecular weight excluding hydrogens is 186 g/mol. The molecule has 1 aliphatic rings. The van der Waals surface area contributed by atoms with Crippen LogP contribution >= 0.6 is 0 Å².